The molecule has 1 rings (SSSR count). The minimum atomic E-state index is -1.20. The van der Waals surface area contributed by atoms with E-state index in [4.69, 9.17) is 0 Å². The van der Waals surface area contributed by atoms with Crippen molar-refractivity contribution in [2.24, 2.45) is 5.92 Å². The molecule has 13 heteroatoms. The summed E-state index contributed by atoms with van der Waals surface area (Å²) in [6.07, 6.45) is 5.46. The zero-order valence-electron chi connectivity index (χ0n) is 27.9. The predicted octanol–water partition coefficient (Wildman–Crippen LogP) is 2.79. The number of amides is 4. The van der Waals surface area contributed by atoms with Gasteiger partial charge in [0.2, 0.25) is 17.7 Å². The number of carboxylic acids is 1. The number of benzene rings is 1. The van der Waals surface area contributed by atoms with Gasteiger partial charge in [0.05, 0.1) is 6.54 Å². The molecule has 6 N–H and O–H groups in total. The number of hydrogen-bond acceptors (Lipinski definition) is 8. The van der Waals surface area contributed by atoms with Gasteiger partial charge in [-0.25, -0.2) is 4.79 Å². The molecule has 4 amide bonds. The second-order valence-corrected chi connectivity index (χ2v) is 12.9. The summed E-state index contributed by atoms with van der Waals surface area (Å²) in [5, 5.41) is 23.3. The van der Waals surface area contributed by atoms with Crippen molar-refractivity contribution >= 4 is 47.1 Å². The van der Waals surface area contributed by atoms with Crippen LogP contribution in [-0.2, 0) is 30.5 Å². The summed E-state index contributed by atoms with van der Waals surface area (Å²) in [4.78, 5) is 73.6. The Balaban J connectivity index is 2.47. The smallest absolute Gasteiger partial charge is 0.326 e. The van der Waals surface area contributed by atoms with Crippen LogP contribution in [0, 0.1) is 5.92 Å². The third kappa shape index (κ3) is 17.9. The Morgan fingerprint density at radius 3 is 2.07 bits per heavy atom. The lowest BCUT2D eigenvalue weighted by atomic mass is 10.0. The number of carboxylic acid groups (broad SMARTS) is 1. The fraction of sp³-hybridized carbons (Fsp3) is 0.636. The van der Waals surface area contributed by atoms with E-state index in [2.05, 4.69) is 26.6 Å². The Bertz CT molecular complexity index is 1130. The largest absolute Gasteiger partial charge is 0.480 e. The second kappa shape index (κ2) is 23.0. The normalized spacial score (nSPS) is 12.3. The van der Waals surface area contributed by atoms with Gasteiger partial charge in [-0.05, 0) is 68.2 Å². The van der Waals surface area contributed by atoms with E-state index in [1.54, 1.807) is 12.1 Å². The average Bonchev–Trinajstić information content (AvgIpc) is 3.01. The Morgan fingerprint density at radius 2 is 1.46 bits per heavy atom. The Hall–Kier alpha value is -3.45. The highest BCUT2D eigenvalue weighted by Crippen LogP contribution is 2.09. The molecular weight excluding hydrogens is 610 g/mol. The number of hydrogen-bond donors (Lipinski definition) is 6. The van der Waals surface area contributed by atoms with Crippen molar-refractivity contribution in [3.63, 3.8) is 0 Å². The minimum Gasteiger partial charge on any atom is -0.480 e. The number of unbranched alkanes of at least 4 members (excludes halogenated alkanes) is 2. The molecule has 0 aliphatic heterocycles. The van der Waals surface area contributed by atoms with Crippen molar-refractivity contribution in [2.75, 3.05) is 25.1 Å². The number of carbonyl (C=O) groups excluding carboxylic acids is 5. The van der Waals surface area contributed by atoms with Crippen LogP contribution in [0.2, 0.25) is 0 Å². The summed E-state index contributed by atoms with van der Waals surface area (Å²) in [7, 11) is 0. The molecule has 12 nitrogen and oxygen atoms in total. The van der Waals surface area contributed by atoms with Crippen LogP contribution < -0.4 is 26.6 Å². The van der Waals surface area contributed by atoms with Crippen LogP contribution in [0.5, 0.6) is 0 Å². The van der Waals surface area contributed by atoms with Gasteiger partial charge < -0.3 is 31.7 Å². The third-order valence-electron chi connectivity index (χ3n) is 7.18. The van der Waals surface area contributed by atoms with E-state index in [1.165, 1.54) is 11.8 Å². The van der Waals surface area contributed by atoms with Crippen LogP contribution in [0.25, 0.3) is 0 Å². The topological polar surface area (TPSA) is 183 Å². The molecule has 2 atom stereocenters. The number of thioether (sulfide) groups is 1. The summed E-state index contributed by atoms with van der Waals surface area (Å²) >= 11 is 1.52. The first-order valence-electron chi connectivity index (χ1n) is 16.0. The molecule has 0 aliphatic carbocycles. The van der Waals surface area contributed by atoms with E-state index in [0.29, 0.717) is 75.4 Å². The van der Waals surface area contributed by atoms with Crippen LogP contribution in [-0.4, -0.2) is 83.7 Å². The molecule has 1 aromatic rings. The van der Waals surface area contributed by atoms with Crippen molar-refractivity contribution in [3.05, 3.63) is 35.4 Å². The molecule has 0 saturated heterocycles. The lowest BCUT2D eigenvalue weighted by molar-refractivity contribution is -0.142. The number of nitrogens with one attached hydrogen (secondary N) is 5. The number of rotatable bonds is 24. The lowest BCUT2D eigenvalue weighted by Crippen LogP contribution is -2.51. The number of aliphatic carboxylic acids is 1. The van der Waals surface area contributed by atoms with E-state index in [1.807, 2.05) is 46.1 Å². The second-order valence-electron chi connectivity index (χ2n) is 11.9. The Kier molecular flexibility index (Phi) is 20.3. The maximum Gasteiger partial charge on any atom is 0.326 e. The third-order valence-corrected chi connectivity index (χ3v) is 7.83. The van der Waals surface area contributed by atoms with E-state index in [9.17, 15) is 33.9 Å². The lowest BCUT2D eigenvalue weighted by Gasteiger charge is -2.19. The highest BCUT2D eigenvalue weighted by Gasteiger charge is 2.24. The summed E-state index contributed by atoms with van der Waals surface area (Å²) in [5.74, 6) is -2.13. The first kappa shape index (κ1) is 40.6. The number of ketones is 1. The highest BCUT2D eigenvalue weighted by molar-refractivity contribution is 7.98. The van der Waals surface area contributed by atoms with Gasteiger partial charge in [0.25, 0.3) is 5.91 Å². The van der Waals surface area contributed by atoms with E-state index in [0.717, 1.165) is 5.56 Å². The van der Waals surface area contributed by atoms with Gasteiger partial charge in [0.15, 0.2) is 0 Å². The van der Waals surface area contributed by atoms with Crippen molar-refractivity contribution in [3.8, 4) is 0 Å². The predicted molar refractivity (Wildman–Crippen MR) is 180 cm³/mol. The van der Waals surface area contributed by atoms with Gasteiger partial charge in [-0.15, -0.1) is 0 Å². The molecule has 0 aliphatic rings. The molecule has 258 valence electrons. The summed E-state index contributed by atoms with van der Waals surface area (Å²) in [6, 6.07) is 5.40. The Morgan fingerprint density at radius 1 is 0.783 bits per heavy atom. The minimum absolute atomic E-state index is 0.000405. The quantitative estimate of drug-likeness (QED) is 0.0906. The maximum absolute atomic E-state index is 12.9. The summed E-state index contributed by atoms with van der Waals surface area (Å²) < 4.78 is 0. The standard InChI is InChI=1S/C33H53N5O7S/c1-22(2)28(39)11-6-7-12-29(40)34-18-9-8-10-27(33(44)45)37-30(41)21-36-32(43)26(17-19-46-5)38-31(42)25-15-13-24(14-16-25)20-35-23(3)4/h13-16,22-23,26-27,35H,6-12,17-21H2,1-5H3,(H,34,40)(H,36,43)(H,37,41)(H,38,42)(H,44,45). The van der Waals surface area contributed by atoms with Crippen molar-refractivity contribution < 1.29 is 33.9 Å². The first-order chi connectivity index (χ1) is 21.8. The van der Waals surface area contributed by atoms with Gasteiger partial charge >= 0.3 is 5.97 Å². The van der Waals surface area contributed by atoms with Crippen LogP contribution >= 0.6 is 11.8 Å². The van der Waals surface area contributed by atoms with Crippen LogP contribution in [0.4, 0.5) is 0 Å². The zero-order chi connectivity index (χ0) is 34.5. The van der Waals surface area contributed by atoms with Crippen molar-refractivity contribution in [1.82, 2.24) is 26.6 Å². The molecule has 46 heavy (non-hydrogen) atoms. The zero-order valence-corrected chi connectivity index (χ0v) is 28.7. The molecular formula is C33H53N5O7S. The van der Waals surface area contributed by atoms with E-state index >= 15 is 0 Å². The molecule has 0 saturated carbocycles. The fourth-order valence-electron chi connectivity index (χ4n) is 4.30. The fourth-order valence-corrected chi connectivity index (χ4v) is 4.77. The first-order valence-corrected chi connectivity index (χ1v) is 17.4. The number of carbonyl (C=O) groups is 6. The summed E-state index contributed by atoms with van der Waals surface area (Å²) in [5.41, 5.74) is 1.43. The van der Waals surface area contributed by atoms with Crippen molar-refractivity contribution in [2.45, 2.75) is 104 Å². The van der Waals surface area contributed by atoms with Crippen LogP contribution in [0.1, 0.15) is 95.0 Å². The van der Waals surface area contributed by atoms with E-state index < -0.39 is 42.3 Å². The monoisotopic (exact) mass is 663 g/mol. The molecule has 2 unspecified atom stereocenters. The molecule has 0 bridgehead atoms. The molecule has 0 aromatic heterocycles. The maximum atomic E-state index is 12.9. The van der Waals surface area contributed by atoms with Crippen LogP contribution in [0.3, 0.4) is 0 Å². The summed E-state index contributed by atoms with van der Waals surface area (Å²) in [6.45, 7) is 8.42. The molecule has 0 spiro atoms. The molecule has 0 fully saturated rings. The molecule has 0 heterocycles. The van der Waals surface area contributed by atoms with E-state index in [-0.39, 0.29) is 24.0 Å². The van der Waals surface area contributed by atoms with Gasteiger partial charge in [-0.3, -0.25) is 24.0 Å². The Labute approximate surface area is 277 Å². The number of Topliss-reactive ketones (excluding diaryl/α,β-unsaturated/α-hetero) is 1. The SMILES string of the molecule is CSCCC(NC(=O)c1ccc(CNC(C)C)cc1)C(=O)NCC(=O)NC(CCCCNC(=O)CCCCC(=O)C(C)C)C(=O)O. The van der Waals surface area contributed by atoms with Crippen LogP contribution in [0.15, 0.2) is 24.3 Å². The average molecular weight is 664 g/mol. The van der Waals surface area contributed by atoms with Gasteiger partial charge in [0, 0.05) is 43.5 Å². The van der Waals surface area contributed by atoms with Crippen molar-refractivity contribution in [1.29, 1.82) is 0 Å². The molecule has 1 aromatic carbocycles. The highest BCUT2D eigenvalue weighted by atomic mass is 32.2. The van der Waals surface area contributed by atoms with Gasteiger partial charge in [-0.2, -0.15) is 11.8 Å². The van der Waals surface area contributed by atoms with Gasteiger partial charge in [0.1, 0.15) is 17.9 Å². The van der Waals surface area contributed by atoms with Gasteiger partial charge in [-0.1, -0.05) is 39.8 Å². The molecule has 0 radical (unpaired) electrons.